The first-order valence-electron chi connectivity index (χ1n) is 2.83. The van der Waals surface area contributed by atoms with Gasteiger partial charge < -0.3 is 0 Å². The first-order chi connectivity index (χ1) is 3.81. The SMILES string of the molecule is [CH2]CS(=O)(=O)C(C)(C)C. The predicted octanol–water partition coefficient (Wildman–Crippen LogP) is 1.03. The second-order valence-corrected chi connectivity index (χ2v) is 5.79. The molecule has 2 nitrogen and oxygen atoms in total. The second kappa shape index (κ2) is 2.29. The Hall–Kier alpha value is -0.0500. The summed E-state index contributed by atoms with van der Waals surface area (Å²) in [7, 11) is -2.95. The van der Waals surface area contributed by atoms with Crippen molar-refractivity contribution in [3.63, 3.8) is 0 Å². The van der Waals surface area contributed by atoms with E-state index in [1.54, 1.807) is 20.8 Å². The molecule has 9 heavy (non-hydrogen) atoms. The third-order valence-corrected chi connectivity index (χ3v) is 3.61. The lowest BCUT2D eigenvalue weighted by atomic mass is 10.3. The molecule has 0 aliphatic carbocycles. The molecule has 0 bridgehead atoms. The van der Waals surface area contributed by atoms with Crippen molar-refractivity contribution in [1.29, 1.82) is 0 Å². The Labute approximate surface area is 57.2 Å². The molecule has 0 saturated heterocycles. The van der Waals surface area contributed by atoms with Gasteiger partial charge in [-0.3, -0.25) is 0 Å². The van der Waals surface area contributed by atoms with Crippen LogP contribution < -0.4 is 0 Å². The maximum Gasteiger partial charge on any atom is 0.155 e. The van der Waals surface area contributed by atoms with Crippen LogP contribution in [0.25, 0.3) is 0 Å². The lowest BCUT2D eigenvalue weighted by Gasteiger charge is -2.16. The van der Waals surface area contributed by atoms with Crippen molar-refractivity contribution >= 4 is 9.84 Å². The summed E-state index contributed by atoms with van der Waals surface area (Å²) < 4.78 is 21.3. The van der Waals surface area contributed by atoms with Crippen LogP contribution in [0.15, 0.2) is 0 Å². The van der Waals surface area contributed by atoms with E-state index in [2.05, 4.69) is 6.92 Å². The molecule has 0 amide bonds. The quantitative estimate of drug-likeness (QED) is 0.558. The Morgan fingerprint density at radius 3 is 1.67 bits per heavy atom. The standard InChI is InChI=1S/C6H13O2S/c1-5-9(7,8)6(2,3)4/h1,5H2,2-4H3. The van der Waals surface area contributed by atoms with Crippen LogP contribution in [-0.4, -0.2) is 18.9 Å². The van der Waals surface area contributed by atoms with Gasteiger partial charge in [0.05, 0.1) is 10.5 Å². The Balaban J connectivity index is 4.57. The largest absolute Gasteiger partial charge is 0.228 e. The fraction of sp³-hybridized carbons (Fsp3) is 0.833. The molecule has 0 fully saturated rings. The van der Waals surface area contributed by atoms with Crippen LogP contribution in [0.2, 0.25) is 0 Å². The van der Waals surface area contributed by atoms with Gasteiger partial charge in [-0.15, -0.1) is 0 Å². The van der Waals surface area contributed by atoms with Crippen LogP contribution in [0.1, 0.15) is 20.8 Å². The fourth-order valence-corrected chi connectivity index (χ4v) is 0.919. The molecule has 0 aromatic carbocycles. The van der Waals surface area contributed by atoms with E-state index in [1.165, 1.54) is 0 Å². The van der Waals surface area contributed by atoms with E-state index in [9.17, 15) is 8.42 Å². The average Bonchev–Trinajstić information content (AvgIpc) is 1.64. The predicted molar refractivity (Wildman–Crippen MR) is 38.9 cm³/mol. The highest BCUT2D eigenvalue weighted by Crippen LogP contribution is 2.14. The van der Waals surface area contributed by atoms with Crippen LogP contribution in [-0.2, 0) is 9.84 Å². The lowest BCUT2D eigenvalue weighted by molar-refractivity contribution is 0.563. The van der Waals surface area contributed by atoms with Crippen LogP contribution in [0.5, 0.6) is 0 Å². The minimum Gasteiger partial charge on any atom is -0.228 e. The molecule has 0 spiro atoms. The third-order valence-electron chi connectivity index (χ3n) is 1.20. The van der Waals surface area contributed by atoms with Gasteiger partial charge >= 0.3 is 0 Å². The molecular formula is C6H13O2S. The zero-order valence-electron chi connectivity index (χ0n) is 6.14. The normalized spacial score (nSPS) is 13.8. The summed E-state index contributed by atoms with van der Waals surface area (Å²) in [6.45, 7) is 8.36. The number of sulfone groups is 1. The summed E-state index contributed by atoms with van der Waals surface area (Å²) in [4.78, 5) is 0. The highest BCUT2D eigenvalue weighted by molar-refractivity contribution is 7.92. The molecule has 0 aliphatic heterocycles. The van der Waals surface area contributed by atoms with E-state index in [4.69, 9.17) is 0 Å². The van der Waals surface area contributed by atoms with Crippen molar-refractivity contribution in [1.82, 2.24) is 0 Å². The highest BCUT2D eigenvalue weighted by atomic mass is 32.2. The van der Waals surface area contributed by atoms with Gasteiger partial charge in [-0.2, -0.15) is 0 Å². The molecule has 0 aliphatic rings. The molecule has 0 aromatic rings. The summed E-state index contributed by atoms with van der Waals surface area (Å²) in [6.07, 6.45) is 0. The number of rotatable bonds is 1. The molecule has 0 unspecified atom stereocenters. The Morgan fingerprint density at radius 1 is 1.33 bits per heavy atom. The van der Waals surface area contributed by atoms with E-state index < -0.39 is 14.6 Å². The van der Waals surface area contributed by atoms with Gasteiger partial charge in [-0.1, -0.05) is 0 Å². The molecule has 1 radical (unpaired) electrons. The maximum absolute atomic E-state index is 11.0. The third kappa shape index (κ3) is 1.97. The maximum atomic E-state index is 11.0. The summed E-state index contributed by atoms with van der Waals surface area (Å²) in [5.74, 6) is -0.0174. The molecule has 3 heteroatoms. The van der Waals surface area contributed by atoms with E-state index in [0.717, 1.165) is 0 Å². The van der Waals surface area contributed by atoms with Gasteiger partial charge in [0.1, 0.15) is 0 Å². The highest BCUT2D eigenvalue weighted by Gasteiger charge is 2.26. The Morgan fingerprint density at radius 2 is 1.67 bits per heavy atom. The molecular weight excluding hydrogens is 136 g/mol. The molecule has 0 saturated carbocycles. The fourth-order valence-electron chi connectivity index (χ4n) is 0.306. The molecule has 0 heterocycles. The van der Waals surface area contributed by atoms with Gasteiger partial charge in [0.15, 0.2) is 9.84 Å². The zero-order chi connectivity index (χ0) is 7.71. The zero-order valence-corrected chi connectivity index (χ0v) is 6.96. The van der Waals surface area contributed by atoms with Crippen molar-refractivity contribution in [3.8, 4) is 0 Å². The van der Waals surface area contributed by atoms with Gasteiger partial charge in [-0.05, 0) is 27.7 Å². The molecule has 0 rings (SSSR count). The van der Waals surface area contributed by atoms with Gasteiger partial charge in [0.25, 0.3) is 0 Å². The van der Waals surface area contributed by atoms with Crippen LogP contribution in [0.4, 0.5) is 0 Å². The Kier molecular flexibility index (Phi) is 2.28. The van der Waals surface area contributed by atoms with Crippen LogP contribution >= 0.6 is 0 Å². The second-order valence-electron chi connectivity index (χ2n) is 2.93. The van der Waals surface area contributed by atoms with Gasteiger partial charge in [-0.25, -0.2) is 8.42 Å². The van der Waals surface area contributed by atoms with E-state index in [0.29, 0.717) is 0 Å². The molecule has 0 atom stereocenters. The Bertz CT molecular complexity index is 172. The minimum absolute atomic E-state index is 0.0174. The van der Waals surface area contributed by atoms with Gasteiger partial charge in [0, 0.05) is 0 Å². The van der Waals surface area contributed by atoms with Crippen LogP contribution in [0, 0.1) is 6.92 Å². The first-order valence-corrected chi connectivity index (χ1v) is 4.48. The van der Waals surface area contributed by atoms with Crippen molar-refractivity contribution < 1.29 is 8.42 Å². The lowest BCUT2D eigenvalue weighted by Crippen LogP contribution is -2.29. The first kappa shape index (κ1) is 8.95. The van der Waals surface area contributed by atoms with Crippen molar-refractivity contribution in [2.45, 2.75) is 25.5 Å². The summed E-state index contributed by atoms with van der Waals surface area (Å²) in [5, 5.41) is 0. The molecule has 0 N–H and O–H groups in total. The van der Waals surface area contributed by atoms with Crippen molar-refractivity contribution in [2.75, 3.05) is 5.75 Å². The summed E-state index contributed by atoms with van der Waals surface area (Å²) in [6, 6.07) is 0. The average molecular weight is 149 g/mol. The number of hydrogen-bond acceptors (Lipinski definition) is 2. The van der Waals surface area contributed by atoms with E-state index >= 15 is 0 Å². The van der Waals surface area contributed by atoms with E-state index in [-0.39, 0.29) is 5.75 Å². The topological polar surface area (TPSA) is 34.1 Å². The van der Waals surface area contributed by atoms with Crippen molar-refractivity contribution in [2.24, 2.45) is 0 Å². The van der Waals surface area contributed by atoms with E-state index in [1.807, 2.05) is 0 Å². The smallest absolute Gasteiger partial charge is 0.155 e. The summed E-state index contributed by atoms with van der Waals surface area (Å²) >= 11 is 0. The minimum atomic E-state index is -2.95. The number of hydrogen-bond donors (Lipinski definition) is 0. The molecule has 55 valence electrons. The molecule has 0 aromatic heterocycles. The van der Waals surface area contributed by atoms with Crippen LogP contribution in [0.3, 0.4) is 0 Å². The van der Waals surface area contributed by atoms with Crippen molar-refractivity contribution in [3.05, 3.63) is 6.92 Å². The van der Waals surface area contributed by atoms with Gasteiger partial charge in [0.2, 0.25) is 0 Å². The monoisotopic (exact) mass is 149 g/mol. The summed E-state index contributed by atoms with van der Waals surface area (Å²) in [5.41, 5.74) is 0.